The Kier molecular flexibility index (Phi) is 14.8. The average molecular weight is 654 g/mol. The fourth-order valence-electron chi connectivity index (χ4n) is 5.04. The largest absolute Gasteiger partial charge is 0.508 e. The molecule has 3 unspecified atom stereocenters. The lowest BCUT2D eigenvalue weighted by atomic mass is 9.97. The Morgan fingerprint density at radius 3 is 1.96 bits per heavy atom. The number of aromatic hydroxyl groups is 1. The van der Waals surface area contributed by atoms with E-state index in [1.54, 1.807) is 73.6 Å². The molecule has 2 aromatic carbocycles. The summed E-state index contributed by atoms with van der Waals surface area (Å²) < 4.78 is 11.1. The summed E-state index contributed by atoms with van der Waals surface area (Å²) >= 11 is 0. The lowest BCUT2D eigenvalue weighted by Gasteiger charge is -2.36. The molecule has 0 spiro atoms. The number of phenols is 1. The van der Waals surface area contributed by atoms with Crippen molar-refractivity contribution in [2.45, 2.75) is 124 Å². The second-order valence-electron chi connectivity index (χ2n) is 14.2. The summed E-state index contributed by atoms with van der Waals surface area (Å²) in [5, 5.41) is 16.6. The molecule has 0 aliphatic heterocycles. The van der Waals surface area contributed by atoms with Gasteiger partial charge in [-0.25, -0.2) is 9.59 Å². The second kappa shape index (κ2) is 17.7. The zero-order valence-corrected chi connectivity index (χ0v) is 29.6. The van der Waals surface area contributed by atoms with Gasteiger partial charge in [0.1, 0.15) is 35.1 Å². The number of phenolic OH excluding ortho intramolecular Hbond substituents is 1. The number of esters is 1. The maximum Gasteiger partial charge on any atom is 0.408 e. The molecule has 10 heteroatoms. The molecule has 0 aliphatic rings. The molecule has 0 aliphatic carbocycles. The number of benzene rings is 2. The zero-order chi connectivity index (χ0) is 35.4. The molecule has 0 fully saturated rings. The van der Waals surface area contributed by atoms with Crippen LogP contribution in [0.1, 0.15) is 105 Å². The standard InChI is InChI=1S/C37H55N3O7/c1-10-11-12-18-23-40(33(43)30(25(2)3)39-35(45)47-37(7,8)9)31(27-21-16-17-22-29(27)41)32(42)38-28(34(44)46-36(4,5)6)24-26-19-14-13-15-20-26/h13-17,19-22,25,28,30-31,41H,10-12,18,23-24H2,1-9H3,(H,38,42)(H,39,45). The smallest absolute Gasteiger partial charge is 0.408 e. The minimum atomic E-state index is -1.33. The van der Waals surface area contributed by atoms with Crippen molar-refractivity contribution in [2.24, 2.45) is 5.92 Å². The molecule has 0 aromatic heterocycles. The van der Waals surface area contributed by atoms with Crippen LogP contribution in [0.2, 0.25) is 0 Å². The van der Waals surface area contributed by atoms with Gasteiger partial charge in [0.2, 0.25) is 11.8 Å². The first-order valence-electron chi connectivity index (χ1n) is 16.6. The molecule has 0 saturated heterocycles. The topological polar surface area (TPSA) is 134 Å². The van der Waals surface area contributed by atoms with Crippen LogP contribution in [0, 0.1) is 5.92 Å². The first-order chi connectivity index (χ1) is 21.9. The van der Waals surface area contributed by atoms with Crippen molar-refractivity contribution in [2.75, 3.05) is 6.54 Å². The number of nitrogens with zero attached hydrogens (tertiary/aromatic N) is 1. The molecule has 0 radical (unpaired) electrons. The van der Waals surface area contributed by atoms with E-state index >= 15 is 0 Å². The molecular weight excluding hydrogens is 598 g/mol. The van der Waals surface area contributed by atoms with Gasteiger partial charge in [-0.3, -0.25) is 9.59 Å². The number of hydrogen-bond acceptors (Lipinski definition) is 7. The zero-order valence-electron chi connectivity index (χ0n) is 29.6. The van der Waals surface area contributed by atoms with Crippen molar-refractivity contribution in [3.63, 3.8) is 0 Å². The van der Waals surface area contributed by atoms with E-state index in [0.29, 0.717) is 6.42 Å². The quantitative estimate of drug-likeness (QED) is 0.148. The number of para-hydroxylation sites is 1. The number of carbonyl (C=O) groups is 4. The lowest BCUT2D eigenvalue weighted by Crippen LogP contribution is -2.56. The van der Waals surface area contributed by atoms with E-state index in [9.17, 15) is 24.3 Å². The fourth-order valence-corrected chi connectivity index (χ4v) is 5.04. The third kappa shape index (κ3) is 13.3. The number of ether oxygens (including phenoxy) is 2. The van der Waals surface area contributed by atoms with E-state index in [-0.39, 0.29) is 30.2 Å². The average Bonchev–Trinajstić information content (AvgIpc) is 2.96. The van der Waals surface area contributed by atoms with Gasteiger partial charge in [-0.1, -0.05) is 88.6 Å². The predicted molar refractivity (Wildman–Crippen MR) is 183 cm³/mol. The molecule has 3 atom stereocenters. The molecule has 10 nitrogen and oxygen atoms in total. The molecule has 260 valence electrons. The molecular formula is C37H55N3O7. The first-order valence-corrected chi connectivity index (χ1v) is 16.6. The Labute approximate surface area is 280 Å². The van der Waals surface area contributed by atoms with Crippen LogP contribution in [0.3, 0.4) is 0 Å². The maximum absolute atomic E-state index is 14.5. The van der Waals surface area contributed by atoms with Crippen molar-refractivity contribution in [1.29, 1.82) is 0 Å². The highest BCUT2D eigenvalue weighted by molar-refractivity contribution is 5.94. The third-order valence-corrected chi connectivity index (χ3v) is 7.22. The first kappa shape index (κ1) is 39.1. The van der Waals surface area contributed by atoms with Gasteiger partial charge in [-0.15, -0.1) is 0 Å². The molecule has 0 heterocycles. The van der Waals surface area contributed by atoms with Crippen LogP contribution in [-0.2, 0) is 30.3 Å². The summed E-state index contributed by atoms with van der Waals surface area (Å²) in [4.78, 5) is 56.7. The monoisotopic (exact) mass is 653 g/mol. The van der Waals surface area contributed by atoms with Crippen molar-refractivity contribution in [3.8, 4) is 5.75 Å². The minimum Gasteiger partial charge on any atom is -0.508 e. The van der Waals surface area contributed by atoms with Crippen LogP contribution in [0.25, 0.3) is 0 Å². The minimum absolute atomic E-state index is 0.147. The summed E-state index contributed by atoms with van der Waals surface area (Å²) in [6, 6.07) is 12.1. The molecule has 0 saturated carbocycles. The Balaban J connectivity index is 2.62. The number of rotatable bonds is 15. The van der Waals surface area contributed by atoms with Gasteiger partial charge in [-0.2, -0.15) is 0 Å². The van der Waals surface area contributed by atoms with E-state index in [1.165, 1.54) is 11.0 Å². The summed E-state index contributed by atoms with van der Waals surface area (Å²) in [6.07, 6.45) is 2.66. The highest BCUT2D eigenvalue weighted by Gasteiger charge is 2.40. The second-order valence-corrected chi connectivity index (χ2v) is 14.2. The van der Waals surface area contributed by atoms with Gasteiger partial charge in [-0.05, 0) is 65.5 Å². The van der Waals surface area contributed by atoms with Crippen LogP contribution < -0.4 is 10.6 Å². The third-order valence-electron chi connectivity index (χ3n) is 7.22. The van der Waals surface area contributed by atoms with E-state index in [1.807, 2.05) is 30.3 Å². The highest BCUT2D eigenvalue weighted by Crippen LogP contribution is 2.31. The molecule has 2 aromatic rings. The van der Waals surface area contributed by atoms with Crippen molar-refractivity contribution in [1.82, 2.24) is 15.5 Å². The van der Waals surface area contributed by atoms with Crippen LogP contribution in [0.15, 0.2) is 54.6 Å². The number of amides is 3. The molecule has 3 amide bonds. The van der Waals surface area contributed by atoms with Gasteiger partial charge in [0.15, 0.2) is 0 Å². The Hall–Kier alpha value is -4.08. The number of nitrogens with one attached hydrogen (secondary N) is 2. The lowest BCUT2D eigenvalue weighted by molar-refractivity contribution is -0.159. The molecule has 3 N–H and O–H groups in total. The van der Waals surface area contributed by atoms with Crippen molar-refractivity contribution < 1.29 is 33.8 Å². The van der Waals surface area contributed by atoms with Gasteiger partial charge < -0.3 is 30.1 Å². The van der Waals surface area contributed by atoms with Crippen LogP contribution in [-0.4, -0.2) is 63.7 Å². The maximum atomic E-state index is 14.5. The van der Waals surface area contributed by atoms with Gasteiger partial charge in [0.25, 0.3) is 0 Å². The predicted octanol–water partition coefficient (Wildman–Crippen LogP) is 6.46. The van der Waals surface area contributed by atoms with Crippen LogP contribution >= 0.6 is 0 Å². The highest BCUT2D eigenvalue weighted by atomic mass is 16.6. The number of alkyl carbamates (subject to hydrolysis) is 1. The fraction of sp³-hybridized carbons (Fsp3) is 0.568. The normalized spacial score (nSPS) is 13.7. The Bertz CT molecular complexity index is 1320. The summed E-state index contributed by atoms with van der Waals surface area (Å²) in [7, 11) is 0. The molecule has 0 bridgehead atoms. The molecule has 2 rings (SSSR count). The SMILES string of the molecule is CCCCCCN(C(=O)C(NC(=O)OC(C)(C)C)C(C)C)C(C(=O)NC(Cc1ccccc1)C(=O)OC(C)(C)C)c1ccccc1O. The van der Waals surface area contributed by atoms with E-state index in [4.69, 9.17) is 9.47 Å². The Morgan fingerprint density at radius 2 is 1.40 bits per heavy atom. The van der Waals surface area contributed by atoms with E-state index < -0.39 is 53.2 Å². The summed E-state index contributed by atoms with van der Waals surface area (Å²) in [5.74, 6) is -2.35. The van der Waals surface area contributed by atoms with Crippen molar-refractivity contribution >= 4 is 23.9 Å². The van der Waals surface area contributed by atoms with Gasteiger partial charge >= 0.3 is 12.1 Å². The number of unbranched alkanes of at least 4 members (excludes halogenated alkanes) is 3. The number of carbonyl (C=O) groups excluding carboxylic acids is 4. The van der Waals surface area contributed by atoms with Crippen LogP contribution in [0.4, 0.5) is 4.79 Å². The summed E-state index contributed by atoms with van der Waals surface area (Å²) in [6.45, 7) is 16.3. The van der Waals surface area contributed by atoms with Gasteiger partial charge in [0.05, 0.1) is 0 Å². The van der Waals surface area contributed by atoms with Gasteiger partial charge in [0, 0.05) is 18.5 Å². The molecule has 47 heavy (non-hydrogen) atoms. The Morgan fingerprint density at radius 1 is 0.809 bits per heavy atom. The van der Waals surface area contributed by atoms with Crippen LogP contribution in [0.5, 0.6) is 5.75 Å². The van der Waals surface area contributed by atoms with Crippen molar-refractivity contribution in [3.05, 3.63) is 65.7 Å². The van der Waals surface area contributed by atoms with E-state index in [0.717, 1.165) is 24.8 Å². The number of hydrogen-bond donors (Lipinski definition) is 3. The van der Waals surface area contributed by atoms with E-state index in [2.05, 4.69) is 17.6 Å². The summed E-state index contributed by atoms with van der Waals surface area (Å²) in [5.41, 5.74) is -0.609.